The van der Waals surface area contributed by atoms with Crippen molar-refractivity contribution in [2.24, 2.45) is 17.8 Å². The van der Waals surface area contributed by atoms with Gasteiger partial charge in [-0.1, -0.05) is 61.2 Å². The second-order valence-corrected chi connectivity index (χ2v) is 14.6. The fourth-order valence-electron chi connectivity index (χ4n) is 9.03. The molecule has 8 rings (SSSR count). The van der Waals surface area contributed by atoms with Gasteiger partial charge >= 0.3 is 0 Å². The van der Waals surface area contributed by atoms with Crippen molar-refractivity contribution in [1.82, 2.24) is 4.90 Å². The predicted molar refractivity (Wildman–Crippen MR) is 171 cm³/mol. The topological polar surface area (TPSA) is 95.0 Å². The molecule has 0 aromatic heterocycles. The summed E-state index contributed by atoms with van der Waals surface area (Å²) in [6.45, 7) is 0. The van der Waals surface area contributed by atoms with Gasteiger partial charge in [0.25, 0.3) is 11.8 Å². The van der Waals surface area contributed by atoms with Gasteiger partial charge in [0.15, 0.2) is 9.75 Å². The zero-order chi connectivity index (χ0) is 32.1. The van der Waals surface area contributed by atoms with Crippen molar-refractivity contribution in [3.63, 3.8) is 0 Å². The Kier molecular flexibility index (Phi) is 6.69. The molecule has 2 saturated carbocycles. The van der Waals surface area contributed by atoms with Crippen LogP contribution < -0.4 is 4.90 Å². The van der Waals surface area contributed by atoms with E-state index < -0.39 is 51.1 Å². The van der Waals surface area contributed by atoms with E-state index in [1.807, 2.05) is 12.1 Å². The van der Waals surface area contributed by atoms with Gasteiger partial charge in [-0.05, 0) is 72.9 Å². The van der Waals surface area contributed by atoms with Crippen LogP contribution in [0.15, 0.2) is 72.3 Å². The molecule has 7 nitrogen and oxygen atoms in total. The number of hydrogen-bond donors (Lipinski definition) is 1. The first kappa shape index (κ1) is 29.6. The van der Waals surface area contributed by atoms with E-state index in [1.165, 1.54) is 23.1 Å². The molecule has 0 bridgehead atoms. The number of likely N-dealkylation sites (tertiary alicyclic amines) is 1. The molecule has 4 amide bonds. The van der Waals surface area contributed by atoms with E-state index in [0.29, 0.717) is 28.3 Å². The summed E-state index contributed by atoms with van der Waals surface area (Å²) < 4.78 is 13.9. The Bertz CT molecular complexity index is 1870. The number of nitrogens with zero attached hydrogens (tertiary/aromatic N) is 2. The summed E-state index contributed by atoms with van der Waals surface area (Å²) in [4.78, 5) is 55.6. The average molecular weight is 662 g/mol. The van der Waals surface area contributed by atoms with Gasteiger partial charge in [0.2, 0.25) is 11.8 Å². The van der Waals surface area contributed by atoms with Gasteiger partial charge in [0.1, 0.15) is 11.6 Å². The maximum atomic E-state index is 14.6. The van der Waals surface area contributed by atoms with E-state index in [1.54, 1.807) is 24.3 Å². The standard InChI is InChI=1S/C36H31Cl2FN2O5/c37-35-18-27-25(14-15-26-29(27)32(44)40(31(26)43)20-6-2-1-3-7-20)30(24-16-17-28(42)23-9-5-4-8-22(23)24)36(35,38)34(46)41(33(35)45)21-12-10-19(39)11-13-21/h4-5,8-14,16-17,20,26-27,29-30,42H,1-3,6-7,15,18H2. The van der Waals surface area contributed by atoms with Crippen molar-refractivity contribution in [3.05, 3.63) is 83.7 Å². The summed E-state index contributed by atoms with van der Waals surface area (Å²) in [7, 11) is 0. The van der Waals surface area contributed by atoms with Crippen LogP contribution in [0.2, 0.25) is 0 Å². The molecule has 2 heterocycles. The number of phenols is 1. The van der Waals surface area contributed by atoms with E-state index in [-0.39, 0.29) is 35.7 Å². The highest BCUT2D eigenvalue weighted by atomic mass is 35.5. The van der Waals surface area contributed by atoms with Crippen molar-refractivity contribution >= 4 is 63.3 Å². The van der Waals surface area contributed by atoms with E-state index in [2.05, 4.69) is 0 Å². The normalized spacial score (nSPS) is 32.9. The molecule has 10 heteroatoms. The average Bonchev–Trinajstić information content (AvgIpc) is 3.40. The lowest BCUT2D eigenvalue weighted by atomic mass is 9.56. The van der Waals surface area contributed by atoms with E-state index in [4.69, 9.17) is 23.2 Å². The lowest BCUT2D eigenvalue weighted by Crippen LogP contribution is -2.60. The number of phenolic OH excluding ortho intramolecular Hbond substituents is 1. The smallest absolute Gasteiger partial charge is 0.258 e. The number of allylic oxidation sites excluding steroid dienone is 2. The Hall–Kier alpha value is -3.75. The van der Waals surface area contributed by atoms with Gasteiger partial charge in [-0.2, -0.15) is 0 Å². The van der Waals surface area contributed by atoms with Crippen molar-refractivity contribution in [1.29, 1.82) is 0 Å². The molecule has 46 heavy (non-hydrogen) atoms. The van der Waals surface area contributed by atoms with Crippen LogP contribution in [0, 0.1) is 23.6 Å². The highest BCUT2D eigenvalue weighted by molar-refractivity contribution is 6.58. The van der Waals surface area contributed by atoms with E-state index in [0.717, 1.165) is 49.1 Å². The summed E-state index contributed by atoms with van der Waals surface area (Å²) in [6.07, 6.45) is 6.61. The molecule has 2 aliphatic heterocycles. The van der Waals surface area contributed by atoms with Crippen LogP contribution >= 0.6 is 23.2 Å². The SMILES string of the molecule is O=C1C2CC=C3C(CC4(Cl)C(=O)N(c5ccc(F)cc5)C(=O)C4(Cl)C3c3ccc(O)c4ccccc34)C2C(=O)N1C1CCCCC1. The van der Waals surface area contributed by atoms with Gasteiger partial charge in [0, 0.05) is 17.3 Å². The van der Waals surface area contributed by atoms with Gasteiger partial charge in [-0.25, -0.2) is 9.29 Å². The van der Waals surface area contributed by atoms with Crippen molar-refractivity contribution in [3.8, 4) is 5.75 Å². The summed E-state index contributed by atoms with van der Waals surface area (Å²) in [5.74, 6) is -5.41. The number of hydrogen-bond acceptors (Lipinski definition) is 5. The number of carbonyl (C=O) groups excluding carboxylic acids is 4. The largest absolute Gasteiger partial charge is 0.507 e. The van der Waals surface area contributed by atoms with Gasteiger partial charge in [-0.15, -0.1) is 23.2 Å². The molecule has 0 radical (unpaired) electrons. The molecule has 4 fully saturated rings. The number of carbonyl (C=O) groups is 4. The monoisotopic (exact) mass is 660 g/mol. The summed E-state index contributed by atoms with van der Waals surface area (Å²) in [5.41, 5.74) is 1.40. The van der Waals surface area contributed by atoms with Crippen molar-refractivity contribution < 1.29 is 28.7 Å². The fourth-order valence-corrected chi connectivity index (χ4v) is 9.95. The molecular formula is C36H31Cl2FN2O5. The predicted octanol–water partition coefficient (Wildman–Crippen LogP) is 6.58. The highest BCUT2D eigenvalue weighted by Crippen LogP contribution is 2.66. The minimum absolute atomic E-state index is 0.0339. The van der Waals surface area contributed by atoms with Crippen LogP contribution in [0.4, 0.5) is 10.1 Å². The van der Waals surface area contributed by atoms with Crippen molar-refractivity contribution in [2.45, 2.75) is 66.7 Å². The molecule has 2 saturated heterocycles. The van der Waals surface area contributed by atoms with Crippen LogP contribution in [-0.4, -0.2) is 49.4 Å². The lowest BCUT2D eigenvalue weighted by Gasteiger charge is -2.51. The number of rotatable bonds is 3. The highest BCUT2D eigenvalue weighted by Gasteiger charge is 2.76. The van der Waals surface area contributed by atoms with E-state index >= 15 is 0 Å². The second-order valence-electron chi connectivity index (χ2n) is 13.3. The molecule has 236 valence electrons. The molecule has 6 unspecified atom stereocenters. The molecule has 0 spiro atoms. The molecule has 5 aliphatic rings. The van der Waals surface area contributed by atoms with Crippen LogP contribution in [0.5, 0.6) is 5.75 Å². The van der Waals surface area contributed by atoms with Crippen LogP contribution in [0.25, 0.3) is 10.8 Å². The fraction of sp³-hybridized carbons (Fsp3) is 0.389. The minimum Gasteiger partial charge on any atom is -0.507 e. The van der Waals surface area contributed by atoms with Gasteiger partial charge < -0.3 is 5.11 Å². The Labute approximate surface area is 274 Å². The third-order valence-electron chi connectivity index (χ3n) is 11.1. The summed E-state index contributed by atoms with van der Waals surface area (Å²) in [6, 6.07) is 15.2. The number of aromatic hydroxyl groups is 1. The first-order valence-electron chi connectivity index (χ1n) is 15.9. The number of amides is 4. The number of halogens is 3. The Morgan fingerprint density at radius 2 is 1.50 bits per heavy atom. The first-order chi connectivity index (χ1) is 22.1. The molecular weight excluding hydrogens is 630 g/mol. The third-order valence-corrected chi connectivity index (χ3v) is 12.5. The van der Waals surface area contributed by atoms with E-state index in [9.17, 15) is 28.7 Å². The molecule has 1 N–H and O–H groups in total. The lowest BCUT2D eigenvalue weighted by molar-refractivity contribution is -0.143. The molecule has 6 atom stereocenters. The maximum Gasteiger partial charge on any atom is 0.258 e. The number of fused-ring (bicyclic) bond motifs is 5. The van der Waals surface area contributed by atoms with Crippen LogP contribution in [0.1, 0.15) is 56.4 Å². The summed E-state index contributed by atoms with van der Waals surface area (Å²) >= 11 is 15.0. The first-order valence-corrected chi connectivity index (χ1v) is 16.6. The Morgan fingerprint density at radius 1 is 0.804 bits per heavy atom. The number of alkyl halides is 2. The zero-order valence-corrected chi connectivity index (χ0v) is 26.3. The van der Waals surface area contributed by atoms with Crippen molar-refractivity contribution in [2.75, 3.05) is 4.90 Å². The molecule has 3 aromatic carbocycles. The van der Waals surface area contributed by atoms with Crippen LogP contribution in [-0.2, 0) is 19.2 Å². The van der Waals surface area contributed by atoms with Gasteiger partial charge in [0.05, 0.1) is 17.5 Å². The minimum atomic E-state index is -2.04. The molecule has 3 aromatic rings. The van der Waals surface area contributed by atoms with Crippen LogP contribution in [0.3, 0.4) is 0 Å². The van der Waals surface area contributed by atoms with Gasteiger partial charge in [-0.3, -0.25) is 24.1 Å². The Balaban J connectivity index is 1.33. The number of benzene rings is 3. The molecule has 3 aliphatic carbocycles. The number of anilines is 1. The summed E-state index contributed by atoms with van der Waals surface area (Å²) in [5, 5.41) is 11.9. The quantitative estimate of drug-likeness (QED) is 0.195. The second kappa shape index (κ2) is 10.4. The zero-order valence-electron chi connectivity index (χ0n) is 24.8. The number of imide groups is 2. The Morgan fingerprint density at radius 3 is 2.22 bits per heavy atom. The maximum absolute atomic E-state index is 14.6. The third kappa shape index (κ3) is 3.83.